The number of aryl methyl sites for hydroxylation is 2. The summed E-state index contributed by atoms with van der Waals surface area (Å²) in [6.45, 7) is 3.72. The molecule has 7 nitrogen and oxygen atoms in total. The Labute approximate surface area is 115 Å². The molecule has 1 aromatic heterocycles. The first-order chi connectivity index (χ1) is 9.45. The van der Waals surface area contributed by atoms with Crippen molar-refractivity contribution in [2.24, 2.45) is 0 Å². The number of aromatic nitrogens is 2. The number of hydrogen-bond donors (Lipinski definition) is 1. The Kier molecular flexibility index (Phi) is 3.79. The summed E-state index contributed by atoms with van der Waals surface area (Å²) in [6, 6.07) is 6.09. The van der Waals surface area contributed by atoms with E-state index in [1.165, 1.54) is 12.1 Å². The third kappa shape index (κ3) is 3.19. The number of nitro groups is 1. The highest BCUT2D eigenvalue weighted by atomic mass is 16.6. The van der Waals surface area contributed by atoms with Gasteiger partial charge in [-0.2, -0.15) is 0 Å². The SMILES string of the molecule is Cc1cc(N)nc(COc2ccc([N+](=O)[O-])cc2C)n1. The van der Waals surface area contributed by atoms with Crippen molar-refractivity contribution in [2.75, 3.05) is 5.73 Å². The maximum Gasteiger partial charge on any atom is 0.269 e. The highest BCUT2D eigenvalue weighted by molar-refractivity contribution is 5.43. The Balaban J connectivity index is 2.12. The maximum atomic E-state index is 10.6. The number of benzene rings is 1. The number of nitro benzene ring substituents is 1. The topological polar surface area (TPSA) is 104 Å². The van der Waals surface area contributed by atoms with Crippen LogP contribution in [0.2, 0.25) is 0 Å². The fourth-order valence-corrected chi connectivity index (χ4v) is 1.77. The number of rotatable bonds is 4. The van der Waals surface area contributed by atoms with Gasteiger partial charge in [-0.3, -0.25) is 10.1 Å². The zero-order chi connectivity index (χ0) is 14.7. The molecule has 104 valence electrons. The van der Waals surface area contributed by atoms with Gasteiger partial charge in [0.1, 0.15) is 18.2 Å². The van der Waals surface area contributed by atoms with Gasteiger partial charge in [0.2, 0.25) is 0 Å². The van der Waals surface area contributed by atoms with Crippen LogP contribution in [-0.2, 0) is 6.61 Å². The smallest absolute Gasteiger partial charge is 0.269 e. The average molecular weight is 274 g/mol. The molecule has 0 aliphatic carbocycles. The predicted molar refractivity (Wildman–Crippen MR) is 73.3 cm³/mol. The number of hydrogen-bond acceptors (Lipinski definition) is 6. The van der Waals surface area contributed by atoms with Gasteiger partial charge in [-0.1, -0.05) is 0 Å². The van der Waals surface area contributed by atoms with Gasteiger partial charge in [-0.25, -0.2) is 9.97 Å². The van der Waals surface area contributed by atoms with Crippen molar-refractivity contribution in [3.8, 4) is 5.75 Å². The molecule has 0 saturated carbocycles. The van der Waals surface area contributed by atoms with Gasteiger partial charge in [0.25, 0.3) is 5.69 Å². The Morgan fingerprint density at radius 3 is 2.65 bits per heavy atom. The molecule has 0 saturated heterocycles. The van der Waals surface area contributed by atoms with Crippen LogP contribution in [0.25, 0.3) is 0 Å². The molecule has 0 spiro atoms. The van der Waals surface area contributed by atoms with Crippen LogP contribution >= 0.6 is 0 Å². The second-order valence-electron chi connectivity index (χ2n) is 4.35. The molecule has 0 amide bonds. The van der Waals surface area contributed by atoms with Crippen molar-refractivity contribution in [3.05, 3.63) is 51.5 Å². The number of ether oxygens (including phenoxy) is 1. The van der Waals surface area contributed by atoms with E-state index in [9.17, 15) is 10.1 Å². The molecule has 20 heavy (non-hydrogen) atoms. The molecule has 2 N–H and O–H groups in total. The van der Waals surface area contributed by atoms with Crippen LogP contribution in [-0.4, -0.2) is 14.9 Å². The van der Waals surface area contributed by atoms with Crippen LogP contribution in [0.5, 0.6) is 5.75 Å². The number of nitrogens with zero attached hydrogens (tertiary/aromatic N) is 3. The summed E-state index contributed by atoms with van der Waals surface area (Å²) in [5, 5.41) is 10.6. The Morgan fingerprint density at radius 2 is 2.05 bits per heavy atom. The number of anilines is 1. The van der Waals surface area contributed by atoms with Crippen molar-refractivity contribution in [2.45, 2.75) is 20.5 Å². The molecule has 0 unspecified atom stereocenters. The molecule has 0 fully saturated rings. The van der Waals surface area contributed by atoms with E-state index in [1.807, 2.05) is 6.92 Å². The average Bonchev–Trinajstić information content (AvgIpc) is 2.36. The molecule has 0 aliphatic heterocycles. The molecule has 7 heteroatoms. The molecule has 0 aliphatic rings. The lowest BCUT2D eigenvalue weighted by Crippen LogP contribution is -2.05. The Morgan fingerprint density at radius 1 is 1.30 bits per heavy atom. The summed E-state index contributed by atoms with van der Waals surface area (Å²) in [7, 11) is 0. The van der Waals surface area contributed by atoms with Crippen LogP contribution in [0.4, 0.5) is 11.5 Å². The third-order valence-electron chi connectivity index (χ3n) is 2.65. The molecule has 1 heterocycles. The van der Waals surface area contributed by atoms with Gasteiger partial charge in [0.15, 0.2) is 5.82 Å². The standard InChI is InChI=1S/C13H14N4O3/c1-8-5-10(17(18)19)3-4-11(8)20-7-13-15-9(2)6-12(14)16-13/h3-6H,7H2,1-2H3,(H2,14,15,16). The summed E-state index contributed by atoms with van der Waals surface area (Å²) in [5.41, 5.74) is 7.10. The Hall–Kier alpha value is -2.70. The van der Waals surface area contributed by atoms with Gasteiger partial charge >= 0.3 is 0 Å². The second kappa shape index (κ2) is 5.52. The van der Waals surface area contributed by atoms with E-state index in [0.717, 1.165) is 5.69 Å². The predicted octanol–water partition coefficient (Wildman–Crippen LogP) is 2.16. The van der Waals surface area contributed by atoms with E-state index >= 15 is 0 Å². The summed E-state index contributed by atoms with van der Waals surface area (Å²) in [6.07, 6.45) is 0. The molecule has 0 bridgehead atoms. The molecule has 0 radical (unpaired) electrons. The highest BCUT2D eigenvalue weighted by Gasteiger charge is 2.09. The van der Waals surface area contributed by atoms with Crippen molar-refractivity contribution >= 4 is 11.5 Å². The van der Waals surface area contributed by atoms with E-state index in [1.54, 1.807) is 19.1 Å². The van der Waals surface area contributed by atoms with Crippen molar-refractivity contribution in [1.29, 1.82) is 0 Å². The normalized spacial score (nSPS) is 10.3. The molecule has 1 aromatic carbocycles. The first-order valence-corrected chi connectivity index (χ1v) is 5.93. The number of non-ortho nitro benzene ring substituents is 1. The van der Waals surface area contributed by atoms with Crippen molar-refractivity contribution < 1.29 is 9.66 Å². The van der Waals surface area contributed by atoms with E-state index in [2.05, 4.69) is 9.97 Å². The lowest BCUT2D eigenvalue weighted by molar-refractivity contribution is -0.384. The minimum absolute atomic E-state index is 0.0332. The van der Waals surface area contributed by atoms with Crippen LogP contribution < -0.4 is 10.5 Å². The highest BCUT2D eigenvalue weighted by Crippen LogP contribution is 2.23. The zero-order valence-electron chi connectivity index (χ0n) is 11.2. The van der Waals surface area contributed by atoms with Crippen molar-refractivity contribution in [3.63, 3.8) is 0 Å². The molecular formula is C13H14N4O3. The van der Waals surface area contributed by atoms with Gasteiger partial charge in [-0.05, 0) is 25.5 Å². The van der Waals surface area contributed by atoms with Crippen LogP contribution in [0, 0.1) is 24.0 Å². The lowest BCUT2D eigenvalue weighted by Gasteiger charge is -2.08. The minimum Gasteiger partial charge on any atom is -0.485 e. The van der Waals surface area contributed by atoms with Crippen LogP contribution in [0.1, 0.15) is 17.1 Å². The molecule has 2 aromatic rings. The third-order valence-corrected chi connectivity index (χ3v) is 2.65. The quantitative estimate of drug-likeness (QED) is 0.676. The molecule has 2 rings (SSSR count). The van der Waals surface area contributed by atoms with Gasteiger partial charge in [-0.15, -0.1) is 0 Å². The van der Waals surface area contributed by atoms with E-state index in [-0.39, 0.29) is 12.3 Å². The maximum absolute atomic E-state index is 10.6. The minimum atomic E-state index is -0.443. The first-order valence-electron chi connectivity index (χ1n) is 5.93. The Bertz CT molecular complexity index is 638. The summed E-state index contributed by atoms with van der Waals surface area (Å²) in [5.74, 6) is 1.41. The van der Waals surface area contributed by atoms with E-state index in [0.29, 0.717) is 23.0 Å². The first kappa shape index (κ1) is 13.7. The summed E-state index contributed by atoms with van der Waals surface area (Å²) >= 11 is 0. The fourth-order valence-electron chi connectivity index (χ4n) is 1.77. The summed E-state index contributed by atoms with van der Waals surface area (Å²) < 4.78 is 5.56. The number of nitrogens with two attached hydrogens (primary N) is 1. The lowest BCUT2D eigenvalue weighted by atomic mass is 10.2. The second-order valence-corrected chi connectivity index (χ2v) is 4.35. The van der Waals surface area contributed by atoms with Crippen molar-refractivity contribution in [1.82, 2.24) is 9.97 Å². The van der Waals surface area contributed by atoms with Gasteiger partial charge < -0.3 is 10.5 Å². The van der Waals surface area contributed by atoms with E-state index in [4.69, 9.17) is 10.5 Å². The molecule has 0 atom stereocenters. The van der Waals surface area contributed by atoms with Crippen LogP contribution in [0.15, 0.2) is 24.3 Å². The zero-order valence-corrected chi connectivity index (χ0v) is 11.2. The monoisotopic (exact) mass is 274 g/mol. The van der Waals surface area contributed by atoms with E-state index < -0.39 is 4.92 Å². The summed E-state index contributed by atoms with van der Waals surface area (Å²) in [4.78, 5) is 18.5. The molecular weight excluding hydrogens is 260 g/mol. The van der Waals surface area contributed by atoms with Gasteiger partial charge in [0, 0.05) is 23.9 Å². The largest absolute Gasteiger partial charge is 0.485 e. The fraction of sp³-hybridized carbons (Fsp3) is 0.231. The number of nitrogen functional groups attached to an aromatic ring is 1. The van der Waals surface area contributed by atoms with Gasteiger partial charge in [0.05, 0.1) is 4.92 Å². The van der Waals surface area contributed by atoms with Crippen LogP contribution in [0.3, 0.4) is 0 Å².